The minimum absolute atomic E-state index is 0.314. The van der Waals surface area contributed by atoms with Crippen molar-refractivity contribution in [3.05, 3.63) is 0 Å². The zero-order chi connectivity index (χ0) is 10.6. The Morgan fingerprint density at radius 2 is 2.21 bits per heavy atom. The summed E-state index contributed by atoms with van der Waals surface area (Å²) < 4.78 is 0. The Kier molecular flexibility index (Phi) is 4.39. The standard InChI is InChI=1S/C11H23N3/c1-9-6-4-3-5-7-14(9)10(2)8-11(12)13/h9-10H,3-8H2,1-2H3,(H3,12,13). The maximum absolute atomic E-state index is 7.32. The average molecular weight is 197 g/mol. The van der Waals surface area contributed by atoms with Crippen molar-refractivity contribution in [3.63, 3.8) is 0 Å². The third kappa shape index (κ3) is 3.29. The van der Waals surface area contributed by atoms with E-state index in [0.717, 1.165) is 0 Å². The largest absolute Gasteiger partial charge is 0.388 e. The van der Waals surface area contributed by atoms with Crippen molar-refractivity contribution >= 4 is 5.84 Å². The predicted octanol–water partition coefficient (Wildman–Crippen LogP) is 1.97. The van der Waals surface area contributed by atoms with Crippen LogP contribution in [0.4, 0.5) is 0 Å². The highest BCUT2D eigenvalue weighted by atomic mass is 15.2. The molecule has 1 aliphatic rings. The first kappa shape index (κ1) is 11.5. The highest BCUT2D eigenvalue weighted by molar-refractivity contribution is 5.77. The average Bonchev–Trinajstić information content (AvgIpc) is 2.28. The van der Waals surface area contributed by atoms with Gasteiger partial charge in [0.1, 0.15) is 0 Å². The summed E-state index contributed by atoms with van der Waals surface area (Å²) in [6, 6.07) is 1.09. The number of hydrogen-bond acceptors (Lipinski definition) is 2. The number of nitrogens with one attached hydrogen (secondary N) is 1. The quantitative estimate of drug-likeness (QED) is 0.537. The van der Waals surface area contributed by atoms with Crippen LogP contribution in [-0.4, -0.2) is 29.4 Å². The minimum atomic E-state index is 0.314. The molecular formula is C11H23N3. The fourth-order valence-electron chi connectivity index (χ4n) is 2.39. The van der Waals surface area contributed by atoms with E-state index < -0.39 is 0 Å². The van der Waals surface area contributed by atoms with E-state index >= 15 is 0 Å². The Balaban J connectivity index is 2.49. The zero-order valence-corrected chi connectivity index (χ0v) is 9.42. The van der Waals surface area contributed by atoms with Gasteiger partial charge in [-0.3, -0.25) is 10.3 Å². The molecule has 82 valence electrons. The lowest BCUT2D eigenvalue weighted by Crippen LogP contribution is -2.41. The second-order valence-corrected chi connectivity index (χ2v) is 4.51. The van der Waals surface area contributed by atoms with Crippen molar-refractivity contribution in [3.8, 4) is 0 Å². The molecular weight excluding hydrogens is 174 g/mol. The molecule has 0 radical (unpaired) electrons. The SMILES string of the molecule is CC1CCCCCN1C(C)CC(=N)N. The molecule has 0 amide bonds. The van der Waals surface area contributed by atoms with Crippen LogP contribution in [0.3, 0.4) is 0 Å². The van der Waals surface area contributed by atoms with Gasteiger partial charge >= 0.3 is 0 Å². The van der Waals surface area contributed by atoms with Crippen LogP contribution in [0.1, 0.15) is 46.0 Å². The van der Waals surface area contributed by atoms with Gasteiger partial charge in [0, 0.05) is 18.5 Å². The number of likely N-dealkylation sites (tertiary alicyclic amines) is 1. The van der Waals surface area contributed by atoms with Crippen LogP contribution in [0.25, 0.3) is 0 Å². The molecule has 3 nitrogen and oxygen atoms in total. The summed E-state index contributed by atoms with van der Waals surface area (Å²) in [7, 11) is 0. The smallest absolute Gasteiger partial charge is 0.0920 e. The molecule has 2 unspecified atom stereocenters. The van der Waals surface area contributed by atoms with E-state index in [0.29, 0.717) is 24.3 Å². The van der Waals surface area contributed by atoms with E-state index in [9.17, 15) is 0 Å². The van der Waals surface area contributed by atoms with E-state index in [1.54, 1.807) is 0 Å². The fourth-order valence-corrected chi connectivity index (χ4v) is 2.39. The van der Waals surface area contributed by atoms with Gasteiger partial charge in [-0.15, -0.1) is 0 Å². The maximum atomic E-state index is 7.32. The second kappa shape index (κ2) is 5.35. The Bertz CT molecular complexity index is 191. The molecule has 0 aromatic heterocycles. The first-order chi connectivity index (χ1) is 6.61. The lowest BCUT2D eigenvalue weighted by Gasteiger charge is -2.32. The molecule has 2 atom stereocenters. The molecule has 0 aromatic carbocycles. The summed E-state index contributed by atoms with van der Waals surface area (Å²) in [5.41, 5.74) is 5.44. The van der Waals surface area contributed by atoms with Crippen LogP contribution in [-0.2, 0) is 0 Å². The molecule has 1 aliphatic heterocycles. The minimum Gasteiger partial charge on any atom is -0.388 e. The van der Waals surface area contributed by atoms with Gasteiger partial charge in [-0.05, 0) is 33.2 Å². The van der Waals surface area contributed by atoms with E-state index in [4.69, 9.17) is 11.1 Å². The number of nitrogens with zero attached hydrogens (tertiary/aromatic N) is 1. The summed E-state index contributed by atoms with van der Waals surface area (Å²) >= 11 is 0. The number of nitrogens with two attached hydrogens (primary N) is 1. The van der Waals surface area contributed by atoms with Gasteiger partial charge in [-0.1, -0.05) is 12.8 Å². The summed E-state index contributed by atoms with van der Waals surface area (Å²) in [6.45, 7) is 5.65. The molecule has 14 heavy (non-hydrogen) atoms. The fraction of sp³-hybridized carbons (Fsp3) is 0.909. The van der Waals surface area contributed by atoms with Gasteiger partial charge in [0.05, 0.1) is 5.84 Å². The van der Waals surface area contributed by atoms with Crippen molar-refractivity contribution in [2.75, 3.05) is 6.54 Å². The highest BCUT2D eigenvalue weighted by Gasteiger charge is 2.21. The van der Waals surface area contributed by atoms with Crippen LogP contribution in [0.5, 0.6) is 0 Å². The third-order valence-corrected chi connectivity index (χ3v) is 3.19. The normalized spacial score (nSPS) is 26.9. The van der Waals surface area contributed by atoms with E-state index in [-0.39, 0.29) is 0 Å². The predicted molar refractivity (Wildman–Crippen MR) is 60.6 cm³/mol. The van der Waals surface area contributed by atoms with Crippen molar-refractivity contribution in [1.82, 2.24) is 4.90 Å². The van der Waals surface area contributed by atoms with Crippen molar-refractivity contribution in [1.29, 1.82) is 5.41 Å². The molecule has 3 N–H and O–H groups in total. The lowest BCUT2D eigenvalue weighted by molar-refractivity contribution is 0.161. The van der Waals surface area contributed by atoms with Crippen LogP contribution >= 0.6 is 0 Å². The van der Waals surface area contributed by atoms with Crippen molar-refractivity contribution < 1.29 is 0 Å². The van der Waals surface area contributed by atoms with Crippen molar-refractivity contribution in [2.24, 2.45) is 5.73 Å². The Morgan fingerprint density at radius 3 is 2.86 bits per heavy atom. The van der Waals surface area contributed by atoms with E-state index in [2.05, 4.69) is 18.7 Å². The molecule has 0 saturated carbocycles. The second-order valence-electron chi connectivity index (χ2n) is 4.51. The van der Waals surface area contributed by atoms with Gasteiger partial charge < -0.3 is 5.73 Å². The molecule has 1 fully saturated rings. The van der Waals surface area contributed by atoms with Gasteiger partial charge in [0.25, 0.3) is 0 Å². The topological polar surface area (TPSA) is 53.1 Å². The lowest BCUT2D eigenvalue weighted by atomic mass is 10.1. The number of rotatable bonds is 3. The summed E-state index contributed by atoms with van der Waals surface area (Å²) in [6.07, 6.45) is 6.01. The van der Waals surface area contributed by atoms with E-state index in [1.165, 1.54) is 32.2 Å². The molecule has 0 spiro atoms. The van der Waals surface area contributed by atoms with Crippen molar-refractivity contribution in [2.45, 2.75) is 58.0 Å². The maximum Gasteiger partial charge on any atom is 0.0920 e. The first-order valence-electron chi connectivity index (χ1n) is 5.70. The molecule has 0 bridgehead atoms. The molecule has 1 heterocycles. The van der Waals surface area contributed by atoms with E-state index in [1.807, 2.05) is 0 Å². The van der Waals surface area contributed by atoms with Gasteiger partial charge in [0.15, 0.2) is 0 Å². The zero-order valence-electron chi connectivity index (χ0n) is 9.42. The van der Waals surface area contributed by atoms with Crippen LogP contribution < -0.4 is 5.73 Å². The van der Waals surface area contributed by atoms with Crippen LogP contribution in [0, 0.1) is 5.41 Å². The number of hydrogen-bond donors (Lipinski definition) is 2. The summed E-state index contributed by atoms with van der Waals surface area (Å²) in [4.78, 5) is 2.51. The van der Waals surface area contributed by atoms with Gasteiger partial charge in [0.2, 0.25) is 0 Å². The van der Waals surface area contributed by atoms with Crippen LogP contribution in [0.15, 0.2) is 0 Å². The molecule has 1 saturated heterocycles. The monoisotopic (exact) mass is 197 g/mol. The molecule has 1 rings (SSSR count). The van der Waals surface area contributed by atoms with Gasteiger partial charge in [-0.2, -0.15) is 0 Å². The highest BCUT2D eigenvalue weighted by Crippen LogP contribution is 2.19. The first-order valence-corrected chi connectivity index (χ1v) is 5.70. The Hall–Kier alpha value is -0.570. The third-order valence-electron chi connectivity index (χ3n) is 3.19. The Morgan fingerprint density at radius 1 is 1.50 bits per heavy atom. The Labute approximate surface area is 87.2 Å². The van der Waals surface area contributed by atoms with Crippen LogP contribution in [0.2, 0.25) is 0 Å². The van der Waals surface area contributed by atoms with Gasteiger partial charge in [-0.25, -0.2) is 0 Å². The summed E-state index contributed by atoms with van der Waals surface area (Å²) in [5, 5.41) is 7.32. The molecule has 0 aliphatic carbocycles. The molecule has 0 aromatic rings. The summed E-state index contributed by atoms with van der Waals surface area (Å²) in [5.74, 6) is 0.314. The number of amidine groups is 1. The molecule has 3 heteroatoms.